The smallest absolute Gasteiger partial charge is 0.170 e. The lowest BCUT2D eigenvalue weighted by molar-refractivity contribution is 0.0379. The largest absolute Gasteiger partial charge is 0.375 e. The SMILES string of the molecule is CCCNCc1ccnc(N2CCOC(CC)C2)c1F. The average Bonchev–Trinajstić information content (AvgIpc) is 2.49. The number of anilines is 1. The van der Waals surface area contributed by atoms with E-state index in [1.54, 1.807) is 12.3 Å². The van der Waals surface area contributed by atoms with Gasteiger partial charge in [-0.05, 0) is 25.5 Å². The summed E-state index contributed by atoms with van der Waals surface area (Å²) in [5, 5.41) is 3.23. The van der Waals surface area contributed by atoms with Gasteiger partial charge in [0.1, 0.15) is 0 Å². The van der Waals surface area contributed by atoms with Gasteiger partial charge < -0.3 is 15.0 Å². The van der Waals surface area contributed by atoms with Crippen LogP contribution in [-0.2, 0) is 11.3 Å². The van der Waals surface area contributed by atoms with Crippen molar-refractivity contribution in [2.24, 2.45) is 0 Å². The number of nitrogens with one attached hydrogen (secondary N) is 1. The van der Waals surface area contributed by atoms with Gasteiger partial charge in [0.05, 0.1) is 12.7 Å². The number of rotatable bonds is 6. The van der Waals surface area contributed by atoms with E-state index in [1.807, 2.05) is 4.90 Å². The number of hydrogen-bond acceptors (Lipinski definition) is 4. The summed E-state index contributed by atoms with van der Waals surface area (Å²) >= 11 is 0. The second-order valence-electron chi connectivity index (χ2n) is 5.13. The summed E-state index contributed by atoms with van der Waals surface area (Å²) in [6.07, 6.45) is 3.85. The molecule has 1 aromatic heterocycles. The van der Waals surface area contributed by atoms with Crippen molar-refractivity contribution in [2.45, 2.75) is 39.3 Å². The summed E-state index contributed by atoms with van der Waals surface area (Å²) in [6, 6.07) is 1.75. The molecule has 0 spiro atoms. The van der Waals surface area contributed by atoms with Crippen molar-refractivity contribution in [2.75, 3.05) is 31.1 Å². The predicted octanol–water partition coefficient (Wildman–Crippen LogP) is 2.34. The summed E-state index contributed by atoms with van der Waals surface area (Å²) in [5.74, 6) is 0.260. The maximum absolute atomic E-state index is 14.5. The number of nitrogens with zero attached hydrogens (tertiary/aromatic N) is 2. The molecule has 1 aromatic rings. The van der Waals surface area contributed by atoms with Crippen LogP contribution in [0.5, 0.6) is 0 Å². The van der Waals surface area contributed by atoms with Gasteiger partial charge in [-0.25, -0.2) is 9.37 Å². The van der Waals surface area contributed by atoms with Gasteiger partial charge in [0.15, 0.2) is 11.6 Å². The van der Waals surface area contributed by atoms with Gasteiger partial charge in [0.2, 0.25) is 0 Å². The number of halogens is 1. The fraction of sp³-hybridized carbons (Fsp3) is 0.667. The van der Waals surface area contributed by atoms with Crippen LogP contribution < -0.4 is 10.2 Å². The first-order valence-electron chi connectivity index (χ1n) is 7.46. The first kappa shape index (κ1) is 15.2. The van der Waals surface area contributed by atoms with Crippen molar-refractivity contribution < 1.29 is 9.13 Å². The Morgan fingerprint density at radius 3 is 3.10 bits per heavy atom. The monoisotopic (exact) mass is 281 g/mol. The van der Waals surface area contributed by atoms with Crippen molar-refractivity contribution in [1.29, 1.82) is 0 Å². The zero-order valence-electron chi connectivity index (χ0n) is 12.4. The van der Waals surface area contributed by atoms with Crippen molar-refractivity contribution in [3.8, 4) is 0 Å². The lowest BCUT2D eigenvalue weighted by atomic mass is 10.2. The van der Waals surface area contributed by atoms with E-state index in [0.717, 1.165) is 19.4 Å². The van der Waals surface area contributed by atoms with Crippen molar-refractivity contribution >= 4 is 5.82 Å². The van der Waals surface area contributed by atoms with E-state index in [9.17, 15) is 4.39 Å². The van der Waals surface area contributed by atoms with Crippen molar-refractivity contribution in [3.05, 3.63) is 23.6 Å². The molecule has 112 valence electrons. The van der Waals surface area contributed by atoms with Gasteiger partial charge in [-0.3, -0.25) is 0 Å². The molecule has 20 heavy (non-hydrogen) atoms. The zero-order valence-corrected chi connectivity index (χ0v) is 12.4. The van der Waals surface area contributed by atoms with Gasteiger partial charge in [0.25, 0.3) is 0 Å². The first-order chi connectivity index (χ1) is 9.76. The number of ether oxygens (including phenoxy) is 1. The molecule has 0 aliphatic carbocycles. The molecular weight excluding hydrogens is 257 g/mol. The summed E-state index contributed by atoms with van der Waals surface area (Å²) in [6.45, 7) is 7.68. The molecule has 1 atom stereocenters. The van der Waals surface area contributed by atoms with Gasteiger partial charge in [0, 0.05) is 31.4 Å². The lowest BCUT2D eigenvalue weighted by Gasteiger charge is -2.33. The number of morpholine rings is 1. The van der Waals surface area contributed by atoms with Crippen LogP contribution in [0.3, 0.4) is 0 Å². The van der Waals surface area contributed by atoms with Crippen LogP contribution in [0.15, 0.2) is 12.3 Å². The maximum atomic E-state index is 14.5. The van der Waals surface area contributed by atoms with E-state index < -0.39 is 0 Å². The molecule has 4 nitrogen and oxygen atoms in total. The van der Waals surface area contributed by atoms with E-state index >= 15 is 0 Å². The molecule has 0 amide bonds. The molecule has 1 unspecified atom stereocenters. The Bertz CT molecular complexity index is 428. The third kappa shape index (κ3) is 3.67. The Morgan fingerprint density at radius 1 is 1.50 bits per heavy atom. The minimum Gasteiger partial charge on any atom is -0.375 e. The third-order valence-corrected chi connectivity index (χ3v) is 3.59. The van der Waals surface area contributed by atoms with Crippen LogP contribution >= 0.6 is 0 Å². The average molecular weight is 281 g/mol. The van der Waals surface area contributed by atoms with E-state index in [4.69, 9.17) is 4.74 Å². The van der Waals surface area contributed by atoms with Crippen LogP contribution in [-0.4, -0.2) is 37.3 Å². The molecule has 1 fully saturated rings. The lowest BCUT2D eigenvalue weighted by Crippen LogP contribution is -2.43. The first-order valence-corrected chi connectivity index (χ1v) is 7.46. The Morgan fingerprint density at radius 2 is 2.35 bits per heavy atom. The molecule has 1 aliphatic heterocycles. The molecule has 5 heteroatoms. The summed E-state index contributed by atoms with van der Waals surface area (Å²) in [4.78, 5) is 6.22. The normalized spacial score (nSPS) is 19.4. The number of pyridine rings is 1. The number of hydrogen-bond donors (Lipinski definition) is 1. The Hall–Kier alpha value is -1.20. The van der Waals surface area contributed by atoms with Crippen LogP contribution in [0.1, 0.15) is 32.3 Å². The predicted molar refractivity (Wildman–Crippen MR) is 78.4 cm³/mol. The molecule has 0 saturated carbocycles. The third-order valence-electron chi connectivity index (χ3n) is 3.59. The highest BCUT2D eigenvalue weighted by atomic mass is 19.1. The van der Waals surface area contributed by atoms with Gasteiger partial charge in [-0.15, -0.1) is 0 Å². The molecule has 2 heterocycles. The second-order valence-corrected chi connectivity index (χ2v) is 5.13. The molecule has 1 N–H and O–H groups in total. The molecule has 1 aliphatic rings. The van der Waals surface area contributed by atoms with Crippen LogP contribution in [0.25, 0.3) is 0 Å². The van der Waals surface area contributed by atoms with Crippen molar-refractivity contribution in [1.82, 2.24) is 10.3 Å². The maximum Gasteiger partial charge on any atom is 0.170 e. The highest BCUT2D eigenvalue weighted by Crippen LogP contribution is 2.22. The summed E-state index contributed by atoms with van der Waals surface area (Å²) in [7, 11) is 0. The fourth-order valence-electron chi connectivity index (χ4n) is 2.39. The summed E-state index contributed by atoms with van der Waals surface area (Å²) < 4.78 is 20.2. The highest BCUT2D eigenvalue weighted by molar-refractivity contribution is 5.43. The van der Waals surface area contributed by atoms with Crippen LogP contribution in [0.4, 0.5) is 10.2 Å². The molecule has 0 aromatic carbocycles. The molecule has 0 bridgehead atoms. The van der Waals surface area contributed by atoms with Gasteiger partial charge in [-0.2, -0.15) is 0 Å². The fourth-order valence-corrected chi connectivity index (χ4v) is 2.39. The van der Waals surface area contributed by atoms with E-state index in [1.165, 1.54) is 0 Å². The van der Waals surface area contributed by atoms with Gasteiger partial charge in [-0.1, -0.05) is 13.8 Å². The Labute approximate surface area is 120 Å². The summed E-state index contributed by atoms with van der Waals surface area (Å²) in [5.41, 5.74) is 0.683. The van der Waals surface area contributed by atoms with Crippen LogP contribution in [0.2, 0.25) is 0 Å². The Kier molecular flexibility index (Phi) is 5.73. The van der Waals surface area contributed by atoms with E-state index in [0.29, 0.717) is 37.6 Å². The molecule has 2 rings (SSSR count). The number of aromatic nitrogens is 1. The van der Waals surface area contributed by atoms with E-state index in [-0.39, 0.29) is 11.9 Å². The van der Waals surface area contributed by atoms with E-state index in [2.05, 4.69) is 24.1 Å². The minimum absolute atomic E-state index is 0.173. The molecule has 1 saturated heterocycles. The topological polar surface area (TPSA) is 37.4 Å². The Balaban J connectivity index is 2.09. The quantitative estimate of drug-likeness (QED) is 0.812. The molecule has 0 radical (unpaired) electrons. The minimum atomic E-state index is -0.201. The highest BCUT2D eigenvalue weighted by Gasteiger charge is 2.23. The molecular formula is C15H24FN3O. The second kappa shape index (κ2) is 7.55. The van der Waals surface area contributed by atoms with Gasteiger partial charge >= 0.3 is 0 Å². The zero-order chi connectivity index (χ0) is 14.4. The standard InChI is InChI=1S/C15H24FN3O/c1-3-6-17-10-12-5-7-18-15(14(12)16)19-8-9-20-13(4-2)11-19/h5,7,13,17H,3-4,6,8-11H2,1-2H3. The van der Waals surface area contributed by atoms with Crippen LogP contribution in [0, 0.1) is 5.82 Å². The van der Waals surface area contributed by atoms with Crippen molar-refractivity contribution in [3.63, 3.8) is 0 Å².